The van der Waals surface area contributed by atoms with E-state index < -0.39 is 17.9 Å². The molecule has 0 saturated heterocycles. The van der Waals surface area contributed by atoms with Crippen LogP contribution in [0.4, 0.5) is 0 Å². The average molecular weight is 305 g/mol. The van der Waals surface area contributed by atoms with E-state index in [2.05, 4.69) is 5.32 Å². The Morgan fingerprint density at radius 1 is 1.41 bits per heavy atom. The van der Waals surface area contributed by atoms with Gasteiger partial charge < -0.3 is 15.2 Å². The molecule has 1 aromatic carbocycles. The van der Waals surface area contributed by atoms with Crippen LogP contribution in [0.15, 0.2) is 24.3 Å². The highest BCUT2D eigenvalue weighted by Gasteiger charge is 2.34. The fourth-order valence-corrected chi connectivity index (χ4v) is 2.71. The molecule has 1 aliphatic carbocycles. The van der Waals surface area contributed by atoms with Gasteiger partial charge in [0.05, 0.1) is 7.11 Å². The fraction of sp³-hybridized carbons (Fsp3) is 0.438. The lowest BCUT2D eigenvalue weighted by Gasteiger charge is -2.28. The number of carbonyl (C=O) groups excluding carboxylic acids is 3. The number of phenols is 1. The zero-order valence-corrected chi connectivity index (χ0v) is 12.4. The molecule has 1 amide bonds. The number of carbonyl (C=O) groups is 3. The maximum atomic E-state index is 12.2. The van der Waals surface area contributed by atoms with Crippen molar-refractivity contribution in [3.8, 4) is 5.75 Å². The minimum absolute atomic E-state index is 0.0323. The lowest BCUT2D eigenvalue weighted by atomic mass is 9.83. The Kier molecular flexibility index (Phi) is 5.14. The highest BCUT2D eigenvalue weighted by Crippen LogP contribution is 2.25. The quantitative estimate of drug-likeness (QED) is 0.821. The maximum Gasteiger partial charge on any atom is 0.328 e. The second-order valence-corrected chi connectivity index (χ2v) is 5.42. The van der Waals surface area contributed by atoms with E-state index >= 15 is 0 Å². The largest absolute Gasteiger partial charge is 0.508 e. The summed E-state index contributed by atoms with van der Waals surface area (Å²) in [6.45, 7) is 0. The van der Waals surface area contributed by atoms with Crippen LogP contribution < -0.4 is 5.32 Å². The Morgan fingerprint density at radius 2 is 2.18 bits per heavy atom. The highest BCUT2D eigenvalue weighted by molar-refractivity contribution is 5.97. The van der Waals surface area contributed by atoms with Crippen LogP contribution in [-0.2, 0) is 14.3 Å². The number of hydrogen-bond acceptors (Lipinski definition) is 5. The molecule has 0 aliphatic heterocycles. The van der Waals surface area contributed by atoms with Crippen molar-refractivity contribution < 1.29 is 24.2 Å². The summed E-state index contributed by atoms with van der Waals surface area (Å²) in [5.41, 5.74) is 0.246. The number of ketones is 1. The number of methoxy groups -OCH3 is 1. The Bertz CT molecular complexity index is 584. The third-order valence-electron chi connectivity index (χ3n) is 3.84. The van der Waals surface area contributed by atoms with Gasteiger partial charge in [-0.25, -0.2) is 4.79 Å². The van der Waals surface area contributed by atoms with Crippen LogP contribution in [0.25, 0.3) is 0 Å². The summed E-state index contributed by atoms with van der Waals surface area (Å²) in [4.78, 5) is 35.8. The van der Waals surface area contributed by atoms with Crippen LogP contribution in [0.1, 0.15) is 36.0 Å². The molecule has 118 valence electrons. The van der Waals surface area contributed by atoms with E-state index in [1.807, 2.05) is 0 Å². The van der Waals surface area contributed by atoms with Gasteiger partial charge in [-0.2, -0.15) is 0 Å². The molecule has 0 heterocycles. The number of rotatable bonds is 4. The number of ether oxygens (including phenoxy) is 1. The van der Waals surface area contributed by atoms with E-state index in [-0.39, 0.29) is 29.4 Å². The molecule has 1 saturated carbocycles. The Balaban J connectivity index is 2.14. The summed E-state index contributed by atoms with van der Waals surface area (Å²) in [5, 5.41) is 12.0. The topological polar surface area (TPSA) is 92.7 Å². The number of phenolic OH excluding ortho intramolecular Hbond substituents is 1. The van der Waals surface area contributed by atoms with Crippen molar-refractivity contribution >= 4 is 17.7 Å². The van der Waals surface area contributed by atoms with Gasteiger partial charge in [-0.1, -0.05) is 6.07 Å². The predicted octanol–water partition coefficient (Wildman–Crippen LogP) is 1.42. The van der Waals surface area contributed by atoms with Gasteiger partial charge in [0.1, 0.15) is 17.6 Å². The zero-order valence-electron chi connectivity index (χ0n) is 12.4. The molecule has 22 heavy (non-hydrogen) atoms. The van der Waals surface area contributed by atoms with Gasteiger partial charge in [0.15, 0.2) is 0 Å². The molecule has 6 nitrogen and oxygen atoms in total. The molecular formula is C16H19NO5. The molecule has 1 fully saturated rings. The number of amides is 1. The monoisotopic (exact) mass is 305 g/mol. The standard InChI is InChI=1S/C16H19NO5/c1-22-16(21)14(10-4-2-6-12(18)8-10)17-15(20)11-5-3-7-13(19)9-11/h3,5,7,9-10,14,19H,2,4,6,8H2,1H3,(H,17,20)/t10-,14+/m0/s1. The highest BCUT2D eigenvalue weighted by atomic mass is 16.5. The smallest absolute Gasteiger partial charge is 0.328 e. The number of Topliss-reactive ketones (excluding diaryl/α,β-unsaturated/α-hetero) is 1. The molecular weight excluding hydrogens is 286 g/mol. The van der Waals surface area contributed by atoms with Crippen LogP contribution in [0.5, 0.6) is 5.75 Å². The van der Waals surface area contributed by atoms with E-state index in [1.165, 1.54) is 25.3 Å². The van der Waals surface area contributed by atoms with E-state index in [1.54, 1.807) is 6.07 Å². The molecule has 0 spiro atoms. The molecule has 0 radical (unpaired) electrons. The summed E-state index contributed by atoms with van der Waals surface area (Å²) in [6.07, 6.45) is 2.18. The molecule has 1 aromatic rings. The third kappa shape index (κ3) is 3.84. The third-order valence-corrected chi connectivity index (χ3v) is 3.84. The van der Waals surface area contributed by atoms with Crippen molar-refractivity contribution in [2.75, 3.05) is 7.11 Å². The van der Waals surface area contributed by atoms with Crippen molar-refractivity contribution in [3.63, 3.8) is 0 Å². The first-order chi connectivity index (χ1) is 10.5. The minimum atomic E-state index is -0.857. The van der Waals surface area contributed by atoms with Crippen LogP contribution >= 0.6 is 0 Å². The van der Waals surface area contributed by atoms with Gasteiger partial charge in [-0.15, -0.1) is 0 Å². The summed E-state index contributed by atoms with van der Waals surface area (Å²) in [6, 6.07) is 4.99. The van der Waals surface area contributed by atoms with Crippen LogP contribution in [0, 0.1) is 5.92 Å². The van der Waals surface area contributed by atoms with Crippen LogP contribution in [0.2, 0.25) is 0 Å². The number of benzene rings is 1. The van der Waals surface area contributed by atoms with Gasteiger partial charge >= 0.3 is 5.97 Å². The van der Waals surface area contributed by atoms with E-state index in [4.69, 9.17) is 4.74 Å². The normalized spacial score (nSPS) is 19.3. The maximum absolute atomic E-state index is 12.2. The van der Waals surface area contributed by atoms with Crippen molar-refractivity contribution in [1.82, 2.24) is 5.32 Å². The molecule has 2 N–H and O–H groups in total. The van der Waals surface area contributed by atoms with Crippen molar-refractivity contribution in [2.24, 2.45) is 5.92 Å². The first-order valence-electron chi connectivity index (χ1n) is 7.20. The van der Waals surface area contributed by atoms with Gasteiger partial charge in [-0.3, -0.25) is 9.59 Å². The fourth-order valence-electron chi connectivity index (χ4n) is 2.71. The summed E-state index contributed by atoms with van der Waals surface area (Å²) >= 11 is 0. The predicted molar refractivity (Wildman–Crippen MR) is 78.3 cm³/mol. The van der Waals surface area contributed by atoms with E-state index in [0.717, 1.165) is 0 Å². The van der Waals surface area contributed by atoms with E-state index in [9.17, 15) is 19.5 Å². The Morgan fingerprint density at radius 3 is 2.82 bits per heavy atom. The number of aromatic hydroxyl groups is 1. The van der Waals surface area contributed by atoms with Crippen molar-refractivity contribution in [1.29, 1.82) is 0 Å². The SMILES string of the molecule is COC(=O)[C@H](NC(=O)c1cccc(O)c1)[C@H]1CCCC(=O)C1. The summed E-state index contributed by atoms with van der Waals surface area (Å²) in [5.74, 6) is -1.24. The first-order valence-corrected chi connectivity index (χ1v) is 7.20. The van der Waals surface area contributed by atoms with Gasteiger partial charge in [0.25, 0.3) is 5.91 Å². The molecule has 2 atom stereocenters. The second kappa shape index (κ2) is 7.06. The molecule has 2 rings (SSSR count). The number of esters is 1. The lowest BCUT2D eigenvalue weighted by molar-refractivity contribution is -0.145. The van der Waals surface area contributed by atoms with Gasteiger partial charge in [0.2, 0.25) is 0 Å². The Hall–Kier alpha value is -2.37. The second-order valence-electron chi connectivity index (χ2n) is 5.42. The summed E-state index contributed by atoms with van der Waals surface area (Å²) in [7, 11) is 1.25. The van der Waals surface area contributed by atoms with Gasteiger partial charge in [-0.05, 0) is 37.0 Å². The lowest BCUT2D eigenvalue weighted by Crippen LogP contribution is -2.48. The average Bonchev–Trinajstić information content (AvgIpc) is 2.51. The number of nitrogens with one attached hydrogen (secondary N) is 1. The van der Waals surface area contributed by atoms with Gasteiger partial charge in [0, 0.05) is 18.4 Å². The molecule has 1 aliphatic rings. The van der Waals surface area contributed by atoms with Crippen LogP contribution in [-0.4, -0.2) is 35.9 Å². The Labute approximate surface area is 128 Å². The molecule has 0 aromatic heterocycles. The van der Waals surface area contributed by atoms with Crippen LogP contribution in [0.3, 0.4) is 0 Å². The first kappa shape index (κ1) is 16.0. The van der Waals surface area contributed by atoms with E-state index in [0.29, 0.717) is 19.3 Å². The zero-order chi connectivity index (χ0) is 16.1. The van der Waals surface area contributed by atoms with Crippen molar-refractivity contribution in [3.05, 3.63) is 29.8 Å². The summed E-state index contributed by atoms with van der Waals surface area (Å²) < 4.78 is 4.75. The molecule has 0 unspecified atom stereocenters. The minimum Gasteiger partial charge on any atom is -0.508 e. The van der Waals surface area contributed by atoms with Crippen molar-refractivity contribution in [2.45, 2.75) is 31.7 Å². The molecule has 6 heteroatoms. The number of hydrogen-bond donors (Lipinski definition) is 2. The molecule has 0 bridgehead atoms.